The maximum Gasteiger partial charge on any atom is 0.257 e. The lowest BCUT2D eigenvalue weighted by atomic mass is 10.1. The molecule has 3 rings (SSSR count). The Morgan fingerprint density at radius 2 is 2.20 bits per heavy atom. The van der Waals surface area contributed by atoms with Crippen LogP contribution in [0.2, 0.25) is 0 Å². The van der Waals surface area contributed by atoms with Gasteiger partial charge in [-0.3, -0.25) is 4.79 Å². The van der Waals surface area contributed by atoms with Gasteiger partial charge < -0.3 is 10.2 Å². The monoisotopic (exact) mass is 287 g/mol. The third kappa shape index (κ3) is 2.18. The van der Waals surface area contributed by atoms with Gasteiger partial charge in [-0.1, -0.05) is 19.1 Å². The highest BCUT2D eigenvalue weighted by Crippen LogP contribution is 2.33. The molecule has 1 aromatic heterocycles. The van der Waals surface area contributed by atoms with E-state index in [1.165, 1.54) is 0 Å². The van der Waals surface area contributed by atoms with E-state index in [4.69, 9.17) is 0 Å². The fourth-order valence-electron chi connectivity index (χ4n) is 2.50. The number of hydrogen-bond donors (Lipinski definition) is 1. The van der Waals surface area contributed by atoms with Gasteiger partial charge in [0.05, 0.1) is 16.3 Å². The van der Waals surface area contributed by atoms with Crippen molar-refractivity contribution in [3.8, 4) is 0 Å². The second kappa shape index (κ2) is 5.25. The number of amides is 1. The van der Waals surface area contributed by atoms with Crippen LogP contribution < -0.4 is 5.32 Å². The zero-order chi connectivity index (χ0) is 14.1. The number of nitrogens with one attached hydrogen (secondary N) is 1. The van der Waals surface area contributed by atoms with E-state index in [-0.39, 0.29) is 12.1 Å². The Balaban J connectivity index is 2.03. The molecule has 4 nitrogen and oxygen atoms in total. The highest BCUT2D eigenvalue weighted by atomic mass is 32.1. The van der Waals surface area contributed by atoms with Crippen LogP contribution in [-0.4, -0.2) is 22.3 Å². The van der Waals surface area contributed by atoms with E-state index in [2.05, 4.69) is 17.2 Å². The summed E-state index contributed by atoms with van der Waals surface area (Å²) in [5.74, 6) is 0.0804. The molecule has 1 amide bonds. The van der Waals surface area contributed by atoms with E-state index < -0.39 is 0 Å². The molecule has 1 unspecified atom stereocenters. The van der Waals surface area contributed by atoms with Gasteiger partial charge in [0.15, 0.2) is 0 Å². The van der Waals surface area contributed by atoms with Crippen molar-refractivity contribution < 1.29 is 4.79 Å². The summed E-state index contributed by atoms with van der Waals surface area (Å²) in [5, 5.41) is 6.48. The maximum absolute atomic E-state index is 12.7. The molecule has 0 saturated carbocycles. The van der Waals surface area contributed by atoms with E-state index in [1.54, 1.807) is 11.3 Å². The Hall–Kier alpha value is -1.88. The Labute approximate surface area is 122 Å². The highest BCUT2D eigenvalue weighted by molar-refractivity contribution is 7.09. The molecule has 5 heteroatoms. The summed E-state index contributed by atoms with van der Waals surface area (Å²) in [6.07, 6.45) is 0.761. The summed E-state index contributed by atoms with van der Waals surface area (Å²) in [7, 11) is 0. The molecule has 1 aliphatic rings. The summed E-state index contributed by atoms with van der Waals surface area (Å²) in [4.78, 5) is 19.1. The number of nitrogens with zero attached hydrogens (tertiary/aromatic N) is 2. The van der Waals surface area contributed by atoms with Gasteiger partial charge in [-0.05, 0) is 25.5 Å². The van der Waals surface area contributed by atoms with Gasteiger partial charge >= 0.3 is 0 Å². The third-order valence-corrected chi connectivity index (χ3v) is 4.20. The Bertz CT molecular complexity index is 638. The van der Waals surface area contributed by atoms with Crippen molar-refractivity contribution in [2.75, 3.05) is 11.9 Å². The van der Waals surface area contributed by atoms with Crippen LogP contribution in [0.1, 0.15) is 40.6 Å². The average Bonchev–Trinajstić information content (AvgIpc) is 2.88. The second-order valence-corrected chi connectivity index (χ2v) is 5.94. The van der Waals surface area contributed by atoms with Crippen molar-refractivity contribution in [1.29, 1.82) is 0 Å². The van der Waals surface area contributed by atoms with Crippen LogP contribution in [0.4, 0.5) is 5.69 Å². The van der Waals surface area contributed by atoms with Crippen LogP contribution in [0.15, 0.2) is 29.6 Å². The Morgan fingerprint density at radius 1 is 1.40 bits per heavy atom. The van der Waals surface area contributed by atoms with E-state index in [0.717, 1.165) is 34.9 Å². The second-order valence-electron chi connectivity index (χ2n) is 4.88. The first-order valence-corrected chi connectivity index (χ1v) is 7.67. The molecule has 0 aliphatic carbocycles. The van der Waals surface area contributed by atoms with Gasteiger partial charge in [0.25, 0.3) is 5.91 Å². The number of carbonyl (C=O) groups excluding carboxylic acids is 1. The van der Waals surface area contributed by atoms with E-state index in [1.807, 2.05) is 41.5 Å². The number of anilines is 1. The Morgan fingerprint density at radius 3 is 2.90 bits per heavy atom. The number of benzene rings is 1. The van der Waals surface area contributed by atoms with E-state index in [0.29, 0.717) is 0 Å². The van der Waals surface area contributed by atoms with Crippen molar-refractivity contribution in [3.63, 3.8) is 0 Å². The quantitative estimate of drug-likeness (QED) is 0.940. The molecule has 0 fully saturated rings. The number of fused-ring (bicyclic) bond motifs is 1. The number of para-hydroxylation sites is 1. The number of aromatic nitrogens is 1. The summed E-state index contributed by atoms with van der Waals surface area (Å²) in [6.45, 7) is 4.79. The van der Waals surface area contributed by atoms with Gasteiger partial charge in [0.1, 0.15) is 6.17 Å². The molecule has 0 radical (unpaired) electrons. The third-order valence-electron chi connectivity index (χ3n) is 3.40. The smallest absolute Gasteiger partial charge is 0.257 e. The number of carbonyl (C=O) groups is 1. The maximum atomic E-state index is 12.7. The number of aryl methyl sites for hydroxylation is 1. The zero-order valence-corrected chi connectivity index (χ0v) is 12.4. The lowest BCUT2D eigenvalue weighted by molar-refractivity contribution is 0.0680. The summed E-state index contributed by atoms with van der Waals surface area (Å²) >= 11 is 1.61. The summed E-state index contributed by atoms with van der Waals surface area (Å²) < 4.78 is 0. The average molecular weight is 287 g/mol. The van der Waals surface area contributed by atoms with Crippen LogP contribution in [0.25, 0.3) is 0 Å². The molecule has 0 bridgehead atoms. The molecule has 0 spiro atoms. The molecule has 104 valence electrons. The first kappa shape index (κ1) is 13.1. The molecule has 1 aromatic carbocycles. The van der Waals surface area contributed by atoms with Crippen molar-refractivity contribution in [2.45, 2.75) is 26.4 Å². The molecule has 1 aliphatic heterocycles. The standard InChI is InChI=1S/C15H17N3OS/c1-3-8-18-14(13-9-20-10(2)16-13)17-12-7-5-4-6-11(12)15(18)19/h4-7,9,14,17H,3,8H2,1-2H3. The van der Waals surface area contributed by atoms with Crippen LogP contribution >= 0.6 is 11.3 Å². The number of rotatable bonds is 3. The molecular formula is C15H17N3OS. The number of thiazole rings is 1. The summed E-state index contributed by atoms with van der Waals surface area (Å²) in [6, 6.07) is 7.66. The molecule has 1 N–H and O–H groups in total. The van der Waals surface area contributed by atoms with Gasteiger partial charge in [-0.2, -0.15) is 0 Å². The fourth-order valence-corrected chi connectivity index (χ4v) is 3.13. The van der Waals surface area contributed by atoms with Gasteiger partial charge in [-0.25, -0.2) is 4.98 Å². The van der Waals surface area contributed by atoms with Crippen molar-refractivity contribution in [3.05, 3.63) is 45.9 Å². The van der Waals surface area contributed by atoms with E-state index in [9.17, 15) is 4.79 Å². The SMILES string of the molecule is CCCN1C(=O)c2ccccc2NC1c1csc(C)n1. The Kier molecular flexibility index (Phi) is 3.44. The fraction of sp³-hybridized carbons (Fsp3) is 0.333. The summed E-state index contributed by atoms with van der Waals surface area (Å²) in [5.41, 5.74) is 2.55. The van der Waals surface area contributed by atoms with Crippen molar-refractivity contribution in [1.82, 2.24) is 9.88 Å². The minimum atomic E-state index is -0.165. The minimum absolute atomic E-state index is 0.0804. The van der Waals surface area contributed by atoms with Crippen molar-refractivity contribution >= 4 is 22.9 Å². The van der Waals surface area contributed by atoms with Crippen LogP contribution in [0.3, 0.4) is 0 Å². The van der Waals surface area contributed by atoms with Crippen LogP contribution in [0, 0.1) is 6.92 Å². The highest BCUT2D eigenvalue weighted by Gasteiger charge is 2.33. The molecule has 20 heavy (non-hydrogen) atoms. The predicted octanol–water partition coefficient (Wildman–Crippen LogP) is 3.43. The molecule has 1 atom stereocenters. The topological polar surface area (TPSA) is 45.2 Å². The van der Waals surface area contributed by atoms with Gasteiger partial charge in [-0.15, -0.1) is 11.3 Å². The van der Waals surface area contributed by atoms with E-state index >= 15 is 0 Å². The molecule has 0 saturated heterocycles. The number of hydrogen-bond acceptors (Lipinski definition) is 4. The minimum Gasteiger partial charge on any atom is -0.359 e. The largest absolute Gasteiger partial charge is 0.359 e. The zero-order valence-electron chi connectivity index (χ0n) is 11.6. The first-order chi connectivity index (χ1) is 9.70. The van der Waals surface area contributed by atoms with Gasteiger partial charge in [0, 0.05) is 17.6 Å². The van der Waals surface area contributed by atoms with Crippen LogP contribution in [0.5, 0.6) is 0 Å². The van der Waals surface area contributed by atoms with Gasteiger partial charge in [0.2, 0.25) is 0 Å². The normalized spacial score (nSPS) is 17.8. The first-order valence-electron chi connectivity index (χ1n) is 6.79. The lowest BCUT2D eigenvalue weighted by Gasteiger charge is -2.36. The molecular weight excluding hydrogens is 270 g/mol. The van der Waals surface area contributed by atoms with Crippen molar-refractivity contribution in [2.24, 2.45) is 0 Å². The predicted molar refractivity (Wildman–Crippen MR) is 81.0 cm³/mol. The molecule has 2 aromatic rings. The lowest BCUT2D eigenvalue weighted by Crippen LogP contribution is -2.43. The molecule has 2 heterocycles. The van der Waals surface area contributed by atoms with Crippen LogP contribution in [-0.2, 0) is 0 Å².